The van der Waals surface area contributed by atoms with E-state index >= 15 is 0 Å². The van der Waals surface area contributed by atoms with Gasteiger partial charge >= 0.3 is 0 Å². The van der Waals surface area contributed by atoms with Crippen LogP contribution in [0, 0.1) is 0 Å². The van der Waals surface area contributed by atoms with Crippen LogP contribution in [0.3, 0.4) is 0 Å². The lowest BCUT2D eigenvalue weighted by Gasteiger charge is -2.37. The number of aromatic hydroxyl groups is 1. The van der Waals surface area contributed by atoms with Crippen molar-refractivity contribution in [1.29, 1.82) is 0 Å². The fourth-order valence-electron chi connectivity index (χ4n) is 3.65. The van der Waals surface area contributed by atoms with Crippen molar-refractivity contribution in [3.63, 3.8) is 0 Å². The topological polar surface area (TPSA) is 83.4 Å². The highest BCUT2D eigenvalue weighted by Gasteiger charge is 2.21. The lowest BCUT2D eigenvalue weighted by molar-refractivity contribution is -0.116. The molecule has 1 fully saturated rings. The predicted molar refractivity (Wildman–Crippen MR) is 126 cm³/mol. The normalized spacial score (nSPS) is 14.6. The number of amides is 1. The molecule has 0 bridgehead atoms. The molecule has 0 spiro atoms. The number of aliphatic imine (C=N–C) groups is 1. The Morgan fingerprint density at radius 3 is 2.52 bits per heavy atom. The van der Waals surface area contributed by atoms with E-state index in [9.17, 15) is 9.90 Å². The van der Waals surface area contributed by atoms with E-state index < -0.39 is 0 Å². The molecule has 166 valence electrons. The van der Waals surface area contributed by atoms with E-state index in [-0.39, 0.29) is 5.91 Å². The SMILES string of the molecule is CN=C(NCc1cccc(NC(=O)CN(C)C)c1)N1CCN(c2ccccc2O)CC1. The van der Waals surface area contributed by atoms with Crippen LogP contribution in [-0.4, -0.2) is 80.6 Å². The third-order valence-corrected chi connectivity index (χ3v) is 5.13. The van der Waals surface area contributed by atoms with Gasteiger partial charge in [-0.1, -0.05) is 24.3 Å². The molecule has 1 saturated heterocycles. The number of piperazine rings is 1. The summed E-state index contributed by atoms with van der Waals surface area (Å²) in [6, 6.07) is 15.3. The number of hydrogen-bond donors (Lipinski definition) is 3. The second-order valence-electron chi connectivity index (χ2n) is 7.85. The number of carbonyl (C=O) groups is 1. The summed E-state index contributed by atoms with van der Waals surface area (Å²) in [7, 11) is 5.53. The Kier molecular flexibility index (Phi) is 7.72. The molecule has 2 aromatic rings. The van der Waals surface area contributed by atoms with Crippen molar-refractivity contribution < 1.29 is 9.90 Å². The van der Waals surface area contributed by atoms with Gasteiger partial charge in [-0.05, 0) is 43.9 Å². The van der Waals surface area contributed by atoms with Crippen LogP contribution in [0.1, 0.15) is 5.56 Å². The van der Waals surface area contributed by atoms with Crippen molar-refractivity contribution in [2.45, 2.75) is 6.54 Å². The standard InChI is InChI=1S/C23H32N6O2/c1-24-23(29-13-11-28(12-14-29)20-9-4-5-10-21(20)30)25-16-18-7-6-8-19(15-18)26-22(31)17-27(2)3/h4-10,15,30H,11-14,16-17H2,1-3H3,(H,24,25)(H,26,31). The smallest absolute Gasteiger partial charge is 0.238 e. The first-order valence-corrected chi connectivity index (χ1v) is 10.5. The van der Waals surface area contributed by atoms with E-state index in [2.05, 4.69) is 25.4 Å². The van der Waals surface area contributed by atoms with Crippen molar-refractivity contribution in [3.05, 3.63) is 54.1 Å². The maximum absolute atomic E-state index is 12.0. The van der Waals surface area contributed by atoms with Crippen molar-refractivity contribution in [2.75, 3.05) is 64.1 Å². The minimum atomic E-state index is -0.0340. The summed E-state index contributed by atoms with van der Waals surface area (Å²) in [5.74, 6) is 1.13. The highest BCUT2D eigenvalue weighted by molar-refractivity contribution is 5.92. The Morgan fingerprint density at radius 2 is 1.84 bits per heavy atom. The highest BCUT2D eigenvalue weighted by Crippen LogP contribution is 2.27. The molecule has 0 radical (unpaired) electrons. The van der Waals surface area contributed by atoms with Crippen molar-refractivity contribution >= 4 is 23.2 Å². The summed E-state index contributed by atoms with van der Waals surface area (Å²) in [5.41, 5.74) is 2.73. The van der Waals surface area contributed by atoms with Gasteiger partial charge in [0.25, 0.3) is 0 Å². The summed E-state index contributed by atoms with van der Waals surface area (Å²) >= 11 is 0. The van der Waals surface area contributed by atoms with Crippen molar-refractivity contribution in [1.82, 2.24) is 15.1 Å². The number of hydrogen-bond acceptors (Lipinski definition) is 5. The van der Waals surface area contributed by atoms with E-state index in [0.29, 0.717) is 18.8 Å². The summed E-state index contributed by atoms with van der Waals surface area (Å²) in [6.07, 6.45) is 0. The van der Waals surface area contributed by atoms with Gasteiger partial charge in [0, 0.05) is 45.5 Å². The fourth-order valence-corrected chi connectivity index (χ4v) is 3.65. The summed E-state index contributed by atoms with van der Waals surface area (Å²) < 4.78 is 0. The molecule has 3 rings (SSSR count). The van der Waals surface area contributed by atoms with Gasteiger partial charge in [-0.25, -0.2) is 0 Å². The number of likely N-dealkylation sites (N-methyl/N-ethyl adjacent to an activating group) is 1. The Bertz CT molecular complexity index is 906. The lowest BCUT2D eigenvalue weighted by Crippen LogP contribution is -2.52. The number of anilines is 2. The van der Waals surface area contributed by atoms with Crippen molar-refractivity contribution in [3.8, 4) is 5.75 Å². The van der Waals surface area contributed by atoms with E-state index in [4.69, 9.17) is 0 Å². The zero-order valence-corrected chi connectivity index (χ0v) is 18.5. The van der Waals surface area contributed by atoms with Gasteiger partial charge in [-0.3, -0.25) is 9.79 Å². The van der Waals surface area contributed by atoms with Crippen LogP contribution >= 0.6 is 0 Å². The number of benzene rings is 2. The molecule has 2 aromatic carbocycles. The lowest BCUT2D eigenvalue weighted by atomic mass is 10.2. The molecule has 1 amide bonds. The number of rotatable bonds is 6. The number of guanidine groups is 1. The summed E-state index contributed by atoms with van der Waals surface area (Å²) in [5, 5.41) is 16.4. The van der Waals surface area contributed by atoms with E-state index in [1.165, 1.54) is 0 Å². The molecule has 8 heteroatoms. The molecule has 8 nitrogen and oxygen atoms in total. The van der Waals surface area contributed by atoms with E-state index in [1.807, 2.05) is 61.5 Å². The Balaban J connectivity index is 1.53. The maximum Gasteiger partial charge on any atom is 0.238 e. The number of nitrogens with one attached hydrogen (secondary N) is 2. The van der Waals surface area contributed by atoms with Gasteiger partial charge in [0.15, 0.2) is 5.96 Å². The Hall–Kier alpha value is -3.26. The van der Waals surface area contributed by atoms with Crippen LogP contribution in [0.25, 0.3) is 0 Å². The van der Waals surface area contributed by atoms with Crippen LogP contribution < -0.4 is 15.5 Å². The fraction of sp³-hybridized carbons (Fsp3) is 0.391. The molecule has 0 saturated carbocycles. The van der Waals surface area contributed by atoms with Crippen LogP contribution in [0.4, 0.5) is 11.4 Å². The van der Waals surface area contributed by atoms with Gasteiger partial charge < -0.3 is 30.4 Å². The van der Waals surface area contributed by atoms with Crippen LogP contribution in [-0.2, 0) is 11.3 Å². The number of nitrogens with zero attached hydrogens (tertiary/aromatic N) is 4. The number of phenolic OH excluding ortho intramolecular Hbond substituents is 1. The minimum Gasteiger partial charge on any atom is -0.506 e. The molecule has 0 aliphatic carbocycles. The van der Waals surface area contributed by atoms with Crippen LogP contribution in [0.2, 0.25) is 0 Å². The average molecular weight is 425 g/mol. The molecule has 3 N–H and O–H groups in total. The Morgan fingerprint density at radius 1 is 1.10 bits per heavy atom. The zero-order valence-electron chi connectivity index (χ0n) is 18.5. The van der Waals surface area contributed by atoms with Crippen LogP contribution in [0.5, 0.6) is 5.75 Å². The molecule has 0 unspecified atom stereocenters. The minimum absolute atomic E-state index is 0.0340. The third-order valence-electron chi connectivity index (χ3n) is 5.13. The van der Waals surface area contributed by atoms with Crippen molar-refractivity contribution in [2.24, 2.45) is 4.99 Å². The largest absolute Gasteiger partial charge is 0.506 e. The second kappa shape index (κ2) is 10.7. The van der Waals surface area contributed by atoms with Gasteiger partial charge in [-0.15, -0.1) is 0 Å². The first-order chi connectivity index (χ1) is 15.0. The molecule has 0 aromatic heterocycles. The monoisotopic (exact) mass is 424 g/mol. The number of phenols is 1. The zero-order chi connectivity index (χ0) is 22.2. The average Bonchev–Trinajstić information content (AvgIpc) is 2.75. The summed E-state index contributed by atoms with van der Waals surface area (Å²) in [4.78, 5) is 22.7. The molecule has 31 heavy (non-hydrogen) atoms. The summed E-state index contributed by atoms with van der Waals surface area (Å²) in [6.45, 7) is 4.21. The number of carbonyl (C=O) groups excluding carboxylic acids is 1. The molecular formula is C23H32N6O2. The molecule has 1 heterocycles. The Labute approximate surface area is 184 Å². The first-order valence-electron chi connectivity index (χ1n) is 10.5. The van der Waals surface area contributed by atoms with E-state index in [0.717, 1.165) is 49.1 Å². The maximum atomic E-state index is 12.0. The molecule has 1 aliphatic rings. The van der Waals surface area contributed by atoms with Crippen LogP contribution in [0.15, 0.2) is 53.5 Å². The predicted octanol–water partition coefficient (Wildman–Crippen LogP) is 1.79. The first kappa shape index (κ1) is 22.4. The van der Waals surface area contributed by atoms with Gasteiger partial charge in [-0.2, -0.15) is 0 Å². The highest BCUT2D eigenvalue weighted by atomic mass is 16.3. The number of para-hydroxylation sites is 2. The van der Waals surface area contributed by atoms with Gasteiger partial charge in [0.1, 0.15) is 5.75 Å². The third kappa shape index (κ3) is 6.36. The molecular weight excluding hydrogens is 392 g/mol. The van der Waals surface area contributed by atoms with E-state index in [1.54, 1.807) is 13.1 Å². The quantitative estimate of drug-likeness (QED) is 0.484. The molecule has 1 aliphatic heterocycles. The second-order valence-corrected chi connectivity index (χ2v) is 7.85. The molecule has 0 atom stereocenters. The van der Waals surface area contributed by atoms with Gasteiger partial charge in [0.05, 0.1) is 12.2 Å². The van der Waals surface area contributed by atoms with Gasteiger partial charge in [0.2, 0.25) is 5.91 Å².